The molecule has 2 aromatic carbocycles. The minimum atomic E-state index is -1.16. The van der Waals surface area contributed by atoms with Gasteiger partial charge in [0.2, 0.25) is 0 Å². The Labute approximate surface area is 198 Å². The van der Waals surface area contributed by atoms with Crippen molar-refractivity contribution in [1.82, 2.24) is 9.88 Å². The molecule has 2 atom stereocenters. The molecular formula is C28H30F2N2O2. The number of nitrogens with one attached hydrogen (secondary N) is 1. The maximum Gasteiger partial charge on any atom is 0.328 e. The van der Waals surface area contributed by atoms with E-state index in [0.717, 1.165) is 54.0 Å². The molecule has 1 saturated carbocycles. The molecule has 0 saturated heterocycles. The van der Waals surface area contributed by atoms with Gasteiger partial charge in [-0.25, -0.2) is 13.6 Å². The van der Waals surface area contributed by atoms with Gasteiger partial charge in [0.05, 0.1) is 6.04 Å². The van der Waals surface area contributed by atoms with E-state index in [4.69, 9.17) is 5.11 Å². The summed E-state index contributed by atoms with van der Waals surface area (Å²) in [6.45, 7) is 7.39. The molecule has 34 heavy (non-hydrogen) atoms. The lowest BCUT2D eigenvalue weighted by molar-refractivity contribution is -0.131. The number of nitrogens with zero attached hydrogens (tertiary/aromatic N) is 1. The Morgan fingerprint density at radius 2 is 1.91 bits per heavy atom. The van der Waals surface area contributed by atoms with Crippen LogP contribution in [-0.4, -0.2) is 33.5 Å². The molecule has 2 N–H and O–H groups in total. The lowest BCUT2D eigenvalue weighted by atomic mass is 9.84. The van der Waals surface area contributed by atoms with Gasteiger partial charge in [0.25, 0.3) is 0 Å². The molecule has 2 aliphatic rings. The number of aromatic amines is 1. The van der Waals surface area contributed by atoms with Crippen LogP contribution in [0.2, 0.25) is 0 Å². The van der Waals surface area contributed by atoms with Gasteiger partial charge in [0, 0.05) is 40.8 Å². The molecule has 1 aliphatic carbocycles. The zero-order valence-electron chi connectivity index (χ0n) is 19.7. The van der Waals surface area contributed by atoms with Gasteiger partial charge in [0.15, 0.2) is 0 Å². The number of benzene rings is 2. The first-order valence-electron chi connectivity index (χ1n) is 12.0. The number of carboxylic acid groups (broad SMARTS) is 1. The molecule has 0 bridgehead atoms. The van der Waals surface area contributed by atoms with Gasteiger partial charge in [-0.05, 0) is 72.9 Å². The fourth-order valence-electron chi connectivity index (χ4n) is 5.64. The van der Waals surface area contributed by atoms with E-state index in [1.165, 1.54) is 18.2 Å². The van der Waals surface area contributed by atoms with Crippen LogP contribution in [0.5, 0.6) is 0 Å². The number of hydrogen-bond donors (Lipinski definition) is 2. The van der Waals surface area contributed by atoms with Crippen LogP contribution in [0.3, 0.4) is 0 Å². The molecule has 2 heterocycles. The van der Waals surface area contributed by atoms with Crippen molar-refractivity contribution in [1.29, 1.82) is 0 Å². The quantitative estimate of drug-likeness (QED) is 0.420. The third-order valence-corrected chi connectivity index (χ3v) is 7.93. The second-order valence-corrected chi connectivity index (χ2v) is 10.3. The Kier molecular flexibility index (Phi) is 5.59. The number of halogens is 2. The largest absolute Gasteiger partial charge is 0.478 e. The summed E-state index contributed by atoms with van der Waals surface area (Å²) in [7, 11) is 0. The number of carbonyl (C=O) groups is 1. The Morgan fingerprint density at radius 3 is 2.53 bits per heavy atom. The highest BCUT2D eigenvalue weighted by Gasteiger charge is 2.50. The lowest BCUT2D eigenvalue weighted by Gasteiger charge is -2.43. The molecule has 1 aliphatic heterocycles. The van der Waals surface area contributed by atoms with E-state index >= 15 is 8.78 Å². The Morgan fingerprint density at radius 1 is 1.24 bits per heavy atom. The first kappa shape index (κ1) is 22.8. The predicted octanol–water partition coefficient (Wildman–Crippen LogP) is 6.32. The van der Waals surface area contributed by atoms with Crippen molar-refractivity contribution >= 4 is 22.9 Å². The van der Waals surface area contributed by atoms with Crippen molar-refractivity contribution in [2.24, 2.45) is 11.3 Å². The van der Waals surface area contributed by atoms with Crippen LogP contribution in [0, 0.1) is 23.0 Å². The maximum absolute atomic E-state index is 15.6. The first-order valence-corrected chi connectivity index (χ1v) is 12.0. The number of aromatic nitrogens is 1. The third-order valence-electron chi connectivity index (χ3n) is 7.93. The molecule has 0 spiro atoms. The van der Waals surface area contributed by atoms with Crippen LogP contribution in [-0.2, 0) is 11.2 Å². The SMILES string of the molecule is CC(C)C1(CN2[C@H](c3c(F)cc(/C=C/C(=O)O)cc3F)c3[nH]c4ccccc4c3C[C@H]2C)CC1. The van der Waals surface area contributed by atoms with Gasteiger partial charge in [-0.15, -0.1) is 0 Å². The minimum absolute atomic E-state index is 0.0198. The molecule has 4 nitrogen and oxygen atoms in total. The molecule has 0 unspecified atom stereocenters. The number of rotatable bonds is 6. The van der Waals surface area contributed by atoms with E-state index in [1.54, 1.807) is 0 Å². The van der Waals surface area contributed by atoms with Crippen molar-refractivity contribution in [2.45, 2.75) is 52.1 Å². The minimum Gasteiger partial charge on any atom is -0.478 e. The van der Waals surface area contributed by atoms with Gasteiger partial charge >= 0.3 is 5.97 Å². The van der Waals surface area contributed by atoms with Gasteiger partial charge in [-0.1, -0.05) is 32.0 Å². The number of fused-ring (bicyclic) bond motifs is 3. The third kappa shape index (κ3) is 3.84. The number of H-pyrrole nitrogens is 1. The summed E-state index contributed by atoms with van der Waals surface area (Å²) in [6.07, 6.45) is 5.17. The first-order chi connectivity index (χ1) is 16.2. The van der Waals surface area contributed by atoms with Crippen LogP contribution in [0.15, 0.2) is 42.5 Å². The summed E-state index contributed by atoms with van der Waals surface area (Å²) in [4.78, 5) is 16.6. The zero-order valence-corrected chi connectivity index (χ0v) is 19.7. The van der Waals surface area contributed by atoms with Crippen molar-refractivity contribution in [2.75, 3.05) is 6.54 Å². The van der Waals surface area contributed by atoms with E-state index in [2.05, 4.69) is 36.7 Å². The average Bonchev–Trinajstić information content (AvgIpc) is 3.48. The smallest absolute Gasteiger partial charge is 0.328 e. The van der Waals surface area contributed by atoms with E-state index in [1.807, 2.05) is 18.2 Å². The maximum atomic E-state index is 15.6. The van der Waals surface area contributed by atoms with Crippen molar-refractivity contribution in [3.8, 4) is 0 Å². The van der Waals surface area contributed by atoms with E-state index in [0.29, 0.717) is 5.92 Å². The molecule has 1 fully saturated rings. The Hall–Kier alpha value is -2.99. The average molecular weight is 465 g/mol. The van der Waals surface area contributed by atoms with Crippen molar-refractivity contribution in [3.63, 3.8) is 0 Å². The van der Waals surface area contributed by atoms with Crippen LogP contribution in [0.1, 0.15) is 62.0 Å². The summed E-state index contributed by atoms with van der Waals surface area (Å²) >= 11 is 0. The van der Waals surface area contributed by atoms with Gasteiger partial charge in [-0.3, -0.25) is 4.90 Å². The monoisotopic (exact) mass is 464 g/mol. The topological polar surface area (TPSA) is 56.3 Å². The molecule has 178 valence electrons. The van der Waals surface area contributed by atoms with Crippen LogP contribution in [0.25, 0.3) is 17.0 Å². The summed E-state index contributed by atoms with van der Waals surface area (Å²) < 4.78 is 31.2. The standard InChI is InChI=1S/C28H30F2N2O2/c1-16(2)28(10-11-28)15-32-17(3)12-20-19-6-4-5-7-23(19)31-26(20)27(32)25-21(29)13-18(14-22(25)30)8-9-24(33)34/h4-9,13-14,16-17,27,31H,10-12,15H2,1-3H3,(H,33,34)/b9-8+/t17-,27-/m1/s1. The zero-order chi connectivity index (χ0) is 24.2. The van der Waals surface area contributed by atoms with Crippen LogP contribution >= 0.6 is 0 Å². The van der Waals surface area contributed by atoms with Crippen LogP contribution in [0.4, 0.5) is 8.78 Å². The fraction of sp³-hybridized carbons (Fsp3) is 0.393. The summed E-state index contributed by atoms with van der Waals surface area (Å²) in [5, 5.41) is 9.99. The highest BCUT2D eigenvalue weighted by atomic mass is 19.1. The molecule has 5 rings (SSSR count). The molecule has 1 aromatic heterocycles. The van der Waals surface area contributed by atoms with Gasteiger partial charge < -0.3 is 10.1 Å². The number of carboxylic acids is 1. The number of para-hydroxylation sites is 1. The summed E-state index contributed by atoms with van der Waals surface area (Å²) in [5.74, 6) is -1.99. The van der Waals surface area contributed by atoms with Crippen molar-refractivity contribution in [3.05, 3.63) is 76.5 Å². The van der Waals surface area contributed by atoms with E-state index in [9.17, 15) is 4.79 Å². The summed E-state index contributed by atoms with van der Waals surface area (Å²) in [6, 6.07) is 10.0. The van der Waals surface area contributed by atoms with Gasteiger partial charge in [-0.2, -0.15) is 0 Å². The van der Waals surface area contributed by atoms with Crippen LogP contribution < -0.4 is 0 Å². The highest BCUT2D eigenvalue weighted by Crippen LogP contribution is 2.55. The lowest BCUT2D eigenvalue weighted by Crippen LogP contribution is -2.46. The number of hydrogen-bond acceptors (Lipinski definition) is 2. The Balaban J connectivity index is 1.67. The van der Waals surface area contributed by atoms with E-state index in [-0.39, 0.29) is 22.6 Å². The molecule has 3 aromatic rings. The Bertz CT molecular complexity index is 1270. The predicted molar refractivity (Wildman–Crippen MR) is 130 cm³/mol. The second kappa shape index (κ2) is 8.35. The normalized spacial score (nSPS) is 21.9. The highest BCUT2D eigenvalue weighted by molar-refractivity contribution is 5.86. The molecular weight excluding hydrogens is 434 g/mol. The summed E-state index contributed by atoms with van der Waals surface area (Å²) in [5.41, 5.74) is 3.32. The molecule has 0 radical (unpaired) electrons. The molecule has 0 amide bonds. The van der Waals surface area contributed by atoms with Crippen molar-refractivity contribution < 1.29 is 18.7 Å². The fourth-order valence-corrected chi connectivity index (χ4v) is 5.64. The number of aliphatic carboxylic acids is 1. The second-order valence-electron chi connectivity index (χ2n) is 10.3. The van der Waals surface area contributed by atoms with Gasteiger partial charge in [0.1, 0.15) is 11.6 Å². The molecule has 6 heteroatoms. The van der Waals surface area contributed by atoms with E-state index < -0.39 is 23.6 Å².